The summed E-state index contributed by atoms with van der Waals surface area (Å²) in [4.78, 5) is 0. The Morgan fingerprint density at radius 3 is 3.00 bits per heavy atom. The molecule has 2 rings (SSSR count). The summed E-state index contributed by atoms with van der Waals surface area (Å²) in [7, 11) is 3.70. The number of rotatable bonds is 3. The van der Waals surface area contributed by atoms with Crippen molar-refractivity contribution in [2.45, 2.75) is 6.10 Å². The van der Waals surface area contributed by atoms with Crippen LogP contribution in [0.15, 0.2) is 22.8 Å². The predicted molar refractivity (Wildman–Crippen MR) is 67.3 cm³/mol. The van der Waals surface area contributed by atoms with Gasteiger partial charge in [-0.1, -0.05) is 18.2 Å². The molecule has 1 aromatic carbocycles. The zero-order valence-corrected chi connectivity index (χ0v) is 10.8. The maximum atomic E-state index is 10.0. The number of likely N-dealkylation sites (N-methyl/N-ethyl adjacent to an activating group) is 1. The van der Waals surface area contributed by atoms with Gasteiger partial charge in [-0.15, -0.1) is 0 Å². The van der Waals surface area contributed by atoms with Crippen LogP contribution in [0.4, 0.5) is 0 Å². The van der Waals surface area contributed by atoms with Crippen LogP contribution in [-0.4, -0.2) is 28.5 Å². The number of aliphatic hydroxyl groups is 1. The molecule has 0 aliphatic carbocycles. The van der Waals surface area contributed by atoms with Gasteiger partial charge in [-0.25, -0.2) is 0 Å². The normalized spacial score (nSPS) is 13.2. The Labute approximate surface area is 102 Å². The first-order chi connectivity index (χ1) is 7.65. The first-order valence-corrected chi connectivity index (χ1v) is 5.88. The van der Waals surface area contributed by atoms with Crippen molar-refractivity contribution in [1.82, 2.24) is 15.1 Å². The lowest BCUT2D eigenvalue weighted by molar-refractivity contribution is 0.179. The lowest BCUT2D eigenvalue weighted by Crippen LogP contribution is -2.17. The highest BCUT2D eigenvalue weighted by Gasteiger charge is 2.15. The molecule has 1 aromatic heterocycles. The maximum Gasteiger partial charge on any atom is 0.135 e. The first kappa shape index (κ1) is 11.6. The van der Waals surface area contributed by atoms with Crippen LogP contribution in [0.25, 0.3) is 10.9 Å². The monoisotopic (exact) mass is 283 g/mol. The Kier molecular flexibility index (Phi) is 3.28. The van der Waals surface area contributed by atoms with Gasteiger partial charge in [-0.3, -0.25) is 4.68 Å². The number of aryl methyl sites for hydroxylation is 1. The summed E-state index contributed by atoms with van der Waals surface area (Å²) in [5.74, 6) is 0. The lowest BCUT2D eigenvalue weighted by Gasteiger charge is -2.12. The number of aliphatic hydroxyl groups excluding tert-OH is 1. The minimum Gasteiger partial charge on any atom is -0.387 e. The molecule has 0 amide bonds. The summed E-state index contributed by atoms with van der Waals surface area (Å²) in [6, 6.07) is 5.85. The smallest absolute Gasteiger partial charge is 0.135 e. The van der Waals surface area contributed by atoms with Crippen molar-refractivity contribution in [1.29, 1.82) is 0 Å². The number of fused-ring (bicyclic) bond motifs is 1. The molecule has 0 aliphatic heterocycles. The summed E-state index contributed by atoms with van der Waals surface area (Å²) < 4.78 is 2.59. The van der Waals surface area contributed by atoms with Crippen molar-refractivity contribution >= 4 is 26.8 Å². The van der Waals surface area contributed by atoms with E-state index < -0.39 is 6.10 Å². The van der Waals surface area contributed by atoms with E-state index in [1.54, 1.807) is 4.68 Å². The fourth-order valence-corrected chi connectivity index (χ4v) is 2.45. The van der Waals surface area contributed by atoms with Gasteiger partial charge in [0.25, 0.3) is 0 Å². The number of halogens is 1. The SMILES string of the molecule is CNCC(O)c1cccc2c(Br)nn(C)c12. The van der Waals surface area contributed by atoms with E-state index >= 15 is 0 Å². The minimum atomic E-state index is -0.518. The number of benzene rings is 1. The van der Waals surface area contributed by atoms with Gasteiger partial charge in [0.05, 0.1) is 11.6 Å². The van der Waals surface area contributed by atoms with Crippen LogP contribution >= 0.6 is 15.9 Å². The van der Waals surface area contributed by atoms with Crippen molar-refractivity contribution in [2.24, 2.45) is 7.05 Å². The molecule has 0 aliphatic rings. The van der Waals surface area contributed by atoms with Gasteiger partial charge in [0.15, 0.2) is 0 Å². The largest absolute Gasteiger partial charge is 0.387 e. The van der Waals surface area contributed by atoms with Crippen LogP contribution in [0.3, 0.4) is 0 Å². The van der Waals surface area contributed by atoms with E-state index in [-0.39, 0.29) is 0 Å². The summed E-state index contributed by atoms with van der Waals surface area (Å²) in [6.45, 7) is 0.530. The molecule has 0 saturated carbocycles. The summed E-state index contributed by atoms with van der Waals surface area (Å²) in [5.41, 5.74) is 1.87. The standard InChI is InChI=1S/C11H14BrN3O/c1-13-6-9(16)7-4-3-5-8-10(7)15(2)14-11(8)12/h3-5,9,13,16H,6H2,1-2H3. The molecule has 0 spiro atoms. The highest BCUT2D eigenvalue weighted by Crippen LogP contribution is 2.28. The molecule has 2 aromatic rings. The van der Waals surface area contributed by atoms with Crippen molar-refractivity contribution in [3.63, 3.8) is 0 Å². The van der Waals surface area contributed by atoms with Crippen LogP contribution in [0.5, 0.6) is 0 Å². The van der Waals surface area contributed by atoms with Gasteiger partial charge in [0, 0.05) is 24.5 Å². The first-order valence-electron chi connectivity index (χ1n) is 5.09. The molecule has 5 heteroatoms. The minimum absolute atomic E-state index is 0.518. The van der Waals surface area contributed by atoms with Gasteiger partial charge >= 0.3 is 0 Å². The Hall–Kier alpha value is -0.910. The van der Waals surface area contributed by atoms with Crippen LogP contribution in [0.1, 0.15) is 11.7 Å². The zero-order chi connectivity index (χ0) is 11.7. The number of nitrogens with one attached hydrogen (secondary N) is 1. The van der Waals surface area contributed by atoms with Crippen molar-refractivity contribution in [3.8, 4) is 0 Å². The van der Waals surface area contributed by atoms with Gasteiger partial charge < -0.3 is 10.4 Å². The van der Waals surface area contributed by atoms with E-state index in [1.807, 2.05) is 32.3 Å². The third-order valence-corrected chi connectivity index (χ3v) is 3.19. The number of hydrogen-bond donors (Lipinski definition) is 2. The van der Waals surface area contributed by atoms with E-state index in [0.717, 1.165) is 21.1 Å². The van der Waals surface area contributed by atoms with E-state index in [1.165, 1.54) is 0 Å². The van der Waals surface area contributed by atoms with Gasteiger partial charge in [0.2, 0.25) is 0 Å². The Bertz CT molecular complexity index is 509. The van der Waals surface area contributed by atoms with Crippen molar-refractivity contribution < 1.29 is 5.11 Å². The number of aromatic nitrogens is 2. The third kappa shape index (κ3) is 1.86. The fraction of sp³-hybridized carbons (Fsp3) is 0.364. The van der Waals surface area contributed by atoms with Crippen LogP contribution < -0.4 is 5.32 Å². The molecule has 0 fully saturated rings. The van der Waals surface area contributed by atoms with E-state index in [4.69, 9.17) is 0 Å². The molecule has 4 nitrogen and oxygen atoms in total. The van der Waals surface area contributed by atoms with Crippen LogP contribution in [0, 0.1) is 0 Å². The average molecular weight is 284 g/mol. The number of para-hydroxylation sites is 1. The fourth-order valence-electron chi connectivity index (χ4n) is 1.90. The summed E-state index contributed by atoms with van der Waals surface area (Å²) in [6.07, 6.45) is -0.518. The van der Waals surface area contributed by atoms with E-state index in [0.29, 0.717) is 6.54 Å². The summed E-state index contributed by atoms with van der Waals surface area (Å²) in [5, 5.41) is 18.3. The second-order valence-corrected chi connectivity index (χ2v) is 4.48. The third-order valence-electron chi connectivity index (χ3n) is 2.61. The van der Waals surface area contributed by atoms with Gasteiger partial charge in [-0.2, -0.15) is 5.10 Å². The zero-order valence-electron chi connectivity index (χ0n) is 9.24. The molecule has 0 radical (unpaired) electrons. The Morgan fingerprint density at radius 1 is 1.56 bits per heavy atom. The molecule has 0 bridgehead atoms. The van der Waals surface area contributed by atoms with E-state index in [2.05, 4.69) is 26.3 Å². The molecule has 2 N–H and O–H groups in total. The van der Waals surface area contributed by atoms with Crippen molar-refractivity contribution in [2.75, 3.05) is 13.6 Å². The highest BCUT2D eigenvalue weighted by molar-refractivity contribution is 9.10. The van der Waals surface area contributed by atoms with E-state index in [9.17, 15) is 5.11 Å². The molecule has 86 valence electrons. The topological polar surface area (TPSA) is 50.1 Å². The molecule has 1 atom stereocenters. The Balaban J connectivity index is 2.61. The molecule has 1 unspecified atom stereocenters. The molecular formula is C11H14BrN3O. The molecule has 1 heterocycles. The predicted octanol–water partition coefficient (Wildman–Crippen LogP) is 1.59. The summed E-state index contributed by atoms with van der Waals surface area (Å²) >= 11 is 3.41. The average Bonchev–Trinajstić information content (AvgIpc) is 2.55. The van der Waals surface area contributed by atoms with Crippen molar-refractivity contribution in [3.05, 3.63) is 28.4 Å². The lowest BCUT2D eigenvalue weighted by atomic mass is 10.1. The number of hydrogen-bond acceptors (Lipinski definition) is 3. The Morgan fingerprint density at radius 2 is 2.31 bits per heavy atom. The maximum absolute atomic E-state index is 10.0. The number of nitrogens with zero attached hydrogens (tertiary/aromatic N) is 2. The van der Waals surface area contributed by atoms with Gasteiger partial charge in [0.1, 0.15) is 4.60 Å². The second-order valence-electron chi connectivity index (χ2n) is 3.73. The molecular weight excluding hydrogens is 270 g/mol. The molecule has 16 heavy (non-hydrogen) atoms. The van der Waals surface area contributed by atoms with Crippen LogP contribution in [0.2, 0.25) is 0 Å². The highest BCUT2D eigenvalue weighted by atomic mass is 79.9. The second kappa shape index (κ2) is 4.53. The van der Waals surface area contributed by atoms with Crippen LogP contribution in [-0.2, 0) is 7.05 Å². The quantitative estimate of drug-likeness (QED) is 0.900. The molecule has 0 saturated heterocycles. The van der Waals surface area contributed by atoms with Gasteiger partial charge in [-0.05, 0) is 23.0 Å².